The Morgan fingerprint density at radius 1 is 0.757 bits per heavy atom. The molecule has 4 rings (SSSR count). The number of benzene rings is 3. The van der Waals surface area contributed by atoms with E-state index in [0.29, 0.717) is 6.42 Å². The van der Waals surface area contributed by atoms with Crippen LogP contribution in [0.4, 0.5) is 0 Å². The first-order chi connectivity index (χ1) is 17.3. The van der Waals surface area contributed by atoms with Gasteiger partial charge in [0.1, 0.15) is 23.0 Å². The van der Waals surface area contributed by atoms with E-state index in [1.165, 1.54) is 0 Å². The number of phenolic OH excluding ortho intramolecular Hbond substituents is 3. The molecule has 4 N–H and O–H groups in total. The zero-order chi connectivity index (χ0) is 27.2. The second kappa shape index (κ2) is 9.33. The minimum Gasteiger partial charge on any atom is -0.508 e. The van der Waals surface area contributed by atoms with Crippen molar-refractivity contribution >= 4 is 0 Å². The van der Waals surface area contributed by atoms with Gasteiger partial charge in [-0.25, -0.2) is 0 Å². The van der Waals surface area contributed by atoms with Gasteiger partial charge in [0.2, 0.25) is 0 Å². The SMILES string of the molecule is Cc1ccc(O)c(CC2C(C(C)(C)c3ccc(O)cc3)=C(O)C=CC2(C)C(C)(C)c2ccc(O)cc2)c1. The lowest BCUT2D eigenvalue weighted by molar-refractivity contribution is 0.140. The summed E-state index contributed by atoms with van der Waals surface area (Å²) in [4.78, 5) is 0. The maximum Gasteiger partial charge on any atom is 0.118 e. The van der Waals surface area contributed by atoms with E-state index < -0.39 is 16.2 Å². The van der Waals surface area contributed by atoms with Crippen molar-refractivity contribution in [3.8, 4) is 17.2 Å². The molecule has 1 aliphatic carbocycles. The Morgan fingerprint density at radius 3 is 1.86 bits per heavy atom. The van der Waals surface area contributed by atoms with Crippen molar-refractivity contribution in [2.45, 2.75) is 58.8 Å². The molecule has 0 saturated carbocycles. The van der Waals surface area contributed by atoms with E-state index >= 15 is 0 Å². The van der Waals surface area contributed by atoms with E-state index in [0.717, 1.165) is 27.8 Å². The first-order valence-corrected chi connectivity index (χ1v) is 12.8. The molecule has 0 aromatic heterocycles. The molecule has 0 fully saturated rings. The summed E-state index contributed by atoms with van der Waals surface area (Å²) in [6.07, 6.45) is 4.44. The van der Waals surface area contributed by atoms with Crippen LogP contribution in [0.15, 0.2) is 90.2 Å². The molecular formula is C33H38O4. The maximum atomic E-state index is 11.4. The predicted octanol–water partition coefficient (Wildman–Crippen LogP) is 7.61. The van der Waals surface area contributed by atoms with Gasteiger partial charge in [-0.2, -0.15) is 0 Å². The van der Waals surface area contributed by atoms with Crippen LogP contribution in [0.5, 0.6) is 17.2 Å². The lowest BCUT2D eigenvalue weighted by atomic mass is 9.50. The maximum absolute atomic E-state index is 11.4. The fraction of sp³-hybridized carbons (Fsp3) is 0.333. The molecule has 1 aliphatic rings. The molecule has 4 heteroatoms. The molecule has 0 saturated heterocycles. The van der Waals surface area contributed by atoms with E-state index in [4.69, 9.17) is 0 Å². The van der Waals surface area contributed by atoms with Crippen molar-refractivity contribution in [3.05, 3.63) is 112 Å². The van der Waals surface area contributed by atoms with Crippen molar-refractivity contribution in [2.75, 3.05) is 0 Å². The minimum absolute atomic E-state index is 0.183. The van der Waals surface area contributed by atoms with Gasteiger partial charge in [-0.3, -0.25) is 0 Å². The van der Waals surface area contributed by atoms with Crippen molar-refractivity contribution in [1.82, 2.24) is 0 Å². The van der Waals surface area contributed by atoms with Gasteiger partial charge in [0.15, 0.2) is 0 Å². The topological polar surface area (TPSA) is 80.9 Å². The molecule has 0 radical (unpaired) electrons. The molecule has 0 heterocycles. The second-order valence-electron chi connectivity index (χ2n) is 11.6. The number of phenols is 3. The van der Waals surface area contributed by atoms with Gasteiger partial charge in [0.05, 0.1) is 0 Å². The van der Waals surface area contributed by atoms with E-state index in [-0.39, 0.29) is 28.9 Å². The summed E-state index contributed by atoms with van der Waals surface area (Å²) in [5.74, 6) is 0.705. The number of aromatic hydroxyl groups is 3. The smallest absolute Gasteiger partial charge is 0.118 e. The summed E-state index contributed by atoms with van der Waals surface area (Å²) in [6, 6.07) is 20.1. The first-order valence-electron chi connectivity index (χ1n) is 12.8. The van der Waals surface area contributed by atoms with Crippen molar-refractivity contribution in [1.29, 1.82) is 0 Å². The average molecular weight is 499 g/mol. The Morgan fingerprint density at radius 2 is 1.30 bits per heavy atom. The van der Waals surface area contributed by atoms with Gasteiger partial charge in [-0.1, -0.05) is 82.7 Å². The van der Waals surface area contributed by atoms with Crippen molar-refractivity contribution in [3.63, 3.8) is 0 Å². The third-order valence-corrected chi connectivity index (χ3v) is 8.79. The van der Waals surface area contributed by atoms with Gasteiger partial charge < -0.3 is 20.4 Å². The Kier molecular flexibility index (Phi) is 6.66. The number of allylic oxidation sites excluding steroid dienone is 3. The molecule has 0 amide bonds. The highest BCUT2D eigenvalue weighted by Gasteiger charge is 2.52. The van der Waals surface area contributed by atoms with Gasteiger partial charge in [-0.15, -0.1) is 0 Å². The summed E-state index contributed by atoms with van der Waals surface area (Å²) in [5.41, 5.74) is 3.37. The molecule has 0 aliphatic heterocycles. The molecule has 4 nitrogen and oxygen atoms in total. The van der Waals surface area contributed by atoms with Crippen LogP contribution in [0.1, 0.15) is 56.9 Å². The van der Waals surface area contributed by atoms with Gasteiger partial charge >= 0.3 is 0 Å². The highest BCUT2D eigenvalue weighted by Crippen LogP contribution is 2.57. The molecule has 0 bridgehead atoms. The molecule has 0 spiro atoms. The highest BCUT2D eigenvalue weighted by atomic mass is 16.3. The first kappa shape index (κ1) is 26.4. The fourth-order valence-electron chi connectivity index (χ4n) is 5.97. The monoisotopic (exact) mass is 498 g/mol. The summed E-state index contributed by atoms with van der Waals surface area (Å²) in [6.45, 7) is 12.8. The third kappa shape index (κ3) is 4.61. The molecule has 3 aromatic carbocycles. The number of hydrogen-bond acceptors (Lipinski definition) is 4. The molecule has 194 valence electrons. The van der Waals surface area contributed by atoms with E-state index in [9.17, 15) is 20.4 Å². The van der Waals surface area contributed by atoms with Crippen LogP contribution in [0.2, 0.25) is 0 Å². The van der Waals surface area contributed by atoms with Crippen LogP contribution in [0.3, 0.4) is 0 Å². The number of aryl methyl sites for hydroxylation is 1. The lowest BCUT2D eigenvalue weighted by Crippen LogP contribution is -2.49. The van der Waals surface area contributed by atoms with E-state index in [1.807, 2.05) is 49.4 Å². The van der Waals surface area contributed by atoms with Crippen LogP contribution in [-0.2, 0) is 17.3 Å². The zero-order valence-electron chi connectivity index (χ0n) is 22.6. The molecule has 37 heavy (non-hydrogen) atoms. The fourth-order valence-corrected chi connectivity index (χ4v) is 5.97. The number of hydrogen-bond donors (Lipinski definition) is 4. The number of rotatable bonds is 6. The summed E-state index contributed by atoms with van der Waals surface area (Å²) < 4.78 is 0. The van der Waals surface area contributed by atoms with E-state index in [2.05, 4.69) is 40.7 Å². The van der Waals surface area contributed by atoms with Crippen molar-refractivity contribution in [2.24, 2.45) is 11.3 Å². The van der Waals surface area contributed by atoms with E-state index in [1.54, 1.807) is 30.3 Å². The Balaban J connectivity index is 1.93. The lowest BCUT2D eigenvalue weighted by Gasteiger charge is -2.53. The van der Waals surface area contributed by atoms with Crippen molar-refractivity contribution < 1.29 is 20.4 Å². The average Bonchev–Trinajstić information content (AvgIpc) is 2.84. The molecule has 2 atom stereocenters. The Bertz CT molecular complexity index is 1340. The predicted molar refractivity (Wildman–Crippen MR) is 149 cm³/mol. The van der Waals surface area contributed by atoms with Gasteiger partial charge in [0.25, 0.3) is 0 Å². The summed E-state index contributed by atoms with van der Waals surface area (Å²) in [5, 5.41) is 42.1. The Hall–Kier alpha value is -3.66. The van der Waals surface area contributed by atoms with Crippen LogP contribution in [0, 0.1) is 18.3 Å². The summed E-state index contributed by atoms with van der Waals surface area (Å²) in [7, 11) is 0. The third-order valence-electron chi connectivity index (χ3n) is 8.79. The quantitative estimate of drug-likeness (QED) is 0.282. The zero-order valence-corrected chi connectivity index (χ0v) is 22.6. The van der Waals surface area contributed by atoms with Gasteiger partial charge in [-0.05, 0) is 83.3 Å². The number of aliphatic hydroxyl groups excluding tert-OH is 1. The Labute approximate surface area is 220 Å². The van der Waals surface area contributed by atoms with Crippen LogP contribution in [-0.4, -0.2) is 20.4 Å². The normalized spacial score (nSPS) is 20.3. The molecule has 3 aromatic rings. The molecular weight excluding hydrogens is 460 g/mol. The van der Waals surface area contributed by atoms with Gasteiger partial charge in [0, 0.05) is 10.8 Å². The largest absolute Gasteiger partial charge is 0.508 e. The standard InChI is InChI=1S/C33H38O4/c1-21-7-16-28(36)22(19-21)20-27-30(31(2,3)23-8-12-25(34)13-9-23)29(37)17-18-33(27,6)32(4,5)24-10-14-26(35)15-11-24/h7-19,27,34-37H,20H2,1-6H3. The van der Waals surface area contributed by atoms with Crippen LogP contribution >= 0.6 is 0 Å². The highest BCUT2D eigenvalue weighted by molar-refractivity contribution is 5.49. The molecule has 2 unspecified atom stereocenters. The number of aliphatic hydroxyl groups is 1. The summed E-state index contributed by atoms with van der Waals surface area (Å²) >= 11 is 0. The minimum atomic E-state index is -0.570. The van der Waals surface area contributed by atoms with Crippen LogP contribution in [0.25, 0.3) is 0 Å². The van der Waals surface area contributed by atoms with Crippen LogP contribution < -0.4 is 0 Å². The second-order valence-corrected chi connectivity index (χ2v) is 11.6.